The second kappa shape index (κ2) is 6.00. The lowest BCUT2D eigenvalue weighted by atomic mass is 9.77. The van der Waals surface area contributed by atoms with E-state index in [1.54, 1.807) is 6.07 Å². The Balaban J connectivity index is 2.10. The van der Waals surface area contributed by atoms with Gasteiger partial charge in [0.25, 0.3) is 5.91 Å². The standard InChI is InChI=1S/C13H17Cl2NO2S/c1-8-2-4-13(7-17,5-3-8)16-12(18)9-6-10(14)19-11(9)15/h6,8,17H,2-5,7H2,1H3,(H,16,18). The van der Waals surface area contributed by atoms with Crippen LogP contribution in [0.3, 0.4) is 0 Å². The number of carbonyl (C=O) groups is 1. The van der Waals surface area contributed by atoms with Crippen molar-refractivity contribution in [3.8, 4) is 0 Å². The van der Waals surface area contributed by atoms with Crippen LogP contribution in [0.5, 0.6) is 0 Å². The molecule has 1 aliphatic carbocycles. The van der Waals surface area contributed by atoms with Gasteiger partial charge in [0, 0.05) is 0 Å². The van der Waals surface area contributed by atoms with E-state index in [0.717, 1.165) is 25.7 Å². The molecular weight excluding hydrogens is 305 g/mol. The predicted octanol–water partition coefficient (Wildman–Crippen LogP) is 3.73. The molecule has 1 aromatic heterocycles. The van der Waals surface area contributed by atoms with Crippen molar-refractivity contribution in [2.75, 3.05) is 6.61 Å². The molecule has 6 heteroatoms. The quantitative estimate of drug-likeness (QED) is 0.891. The SMILES string of the molecule is CC1CCC(CO)(NC(=O)c2cc(Cl)sc2Cl)CC1. The van der Waals surface area contributed by atoms with Crippen LogP contribution < -0.4 is 5.32 Å². The van der Waals surface area contributed by atoms with Crippen molar-refractivity contribution < 1.29 is 9.90 Å². The van der Waals surface area contributed by atoms with Crippen LogP contribution in [0.25, 0.3) is 0 Å². The smallest absolute Gasteiger partial charge is 0.254 e. The number of halogens is 2. The zero-order chi connectivity index (χ0) is 14.0. The van der Waals surface area contributed by atoms with Gasteiger partial charge >= 0.3 is 0 Å². The molecule has 0 atom stereocenters. The second-order valence-corrected chi connectivity index (χ2v) is 7.60. The number of nitrogens with one attached hydrogen (secondary N) is 1. The minimum absolute atomic E-state index is 0.0407. The van der Waals surface area contributed by atoms with E-state index >= 15 is 0 Å². The monoisotopic (exact) mass is 321 g/mol. The number of hydrogen-bond donors (Lipinski definition) is 2. The number of aliphatic hydroxyl groups excluding tert-OH is 1. The highest BCUT2D eigenvalue weighted by Crippen LogP contribution is 2.34. The van der Waals surface area contributed by atoms with Gasteiger partial charge < -0.3 is 10.4 Å². The lowest BCUT2D eigenvalue weighted by Crippen LogP contribution is -2.53. The van der Waals surface area contributed by atoms with Crippen molar-refractivity contribution >= 4 is 40.4 Å². The first-order chi connectivity index (χ1) is 8.96. The first-order valence-electron chi connectivity index (χ1n) is 6.34. The summed E-state index contributed by atoms with van der Waals surface area (Å²) in [5, 5.41) is 12.6. The van der Waals surface area contributed by atoms with Gasteiger partial charge in [-0.15, -0.1) is 11.3 Å². The van der Waals surface area contributed by atoms with Crippen LogP contribution >= 0.6 is 34.5 Å². The van der Waals surface area contributed by atoms with Crippen LogP contribution in [-0.4, -0.2) is 23.2 Å². The number of carbonyl (C=O) groups excluding carboxylic acids is 1. The Labute approximate surface area is 126 Å². The summed E-state index contributed by atoms with van der Waals surface area (Å²) >= 11 is 13.0. The Morgan fingerprint density at radius 2 is 2.16 bits per heavy atom. The van der Waals surface area contributed by atoms with Crippen molar-refractivity contribution in [3.63, 3.8) is 0 Å². The minimum atomic E-state index is -0.513. The van der Waals surface area contributed by atoms with Crippen LogP contribution in [0, 0.1) is 5.92 Å². The van der Waals surface area contributed by atoms with Gasteiger partial charge in [0.05, 0.1) is 22.0 Å². The Morgan fingerprint density at radius 1 is 1.53 bits per heavy atom. The fourth-order valence-corrected chi connectivity index (χ4v) is 3.90. The summed E-state index contributed by atoms with van der Waals surface area (Å²) in [6.07, 6.45) is 3.62. The molecule has 0 saturated heterocycles. The normalized spacial score (nSPS) is 27.3. The molecule has 0 spiro atoms. The van der Waals surface area contributed by atoms with Gasteiger partial charge in [0.1, 0.15) is 4.34 Å². The summed E-state index contributed by atoms with van der Waals surface area (Å²) in [6.45, 7) is 2.15. The summed E-state index contributed by atoms with van der Waals surface area (Å²) in [6, 6.07) is 1.57. The molecule has 0 aliphatic heterocycles. The first-order valence-corrected chi connectivity index (χ1v) is 7.91. The van der Waals surface area contributed by atoms with Crippen molar-refractivity contribution in [1.29, 1.82) is 0 Å². The third-order valence-electron chi connectivity index (χ3n) is 3.81. The summed E-state index contributed by atoms with van der Waals surface area (Å²) in [5.41, 5.74) is -0.121. The highest BCUT2D eigenvalue weighted by atomic mass is 35.5. The predicted molar refractivity (Wildman–Crippen MR) is 79.3 cm³/mol. The van der Waals surface area contributed by atoms with Crippen LogP contribution in [0.1, 0.15) is 43.0 Å². The average Bonchev–Trinajstić information content (AvgIpc) is 2.72. The molecule has 0 radical (unpaired) electrons. The maximum Gasteiger partial charge on any atom is 0.254 e. The summed E-state index contributed by atoms with van der Waals surface area (Å²) in [4.78, 5) is 12.2. The zero-order valence-corrected chi connectivity index (χ0v) is 13.0. The Bertz CT molecular complexity index is 467. The number of hydrogen-bond acceptors (Lipinski definition) is 3. The minimum Gasteiger partial charge on any atom is -0.394 e. The number of aliphatic hydroxyl groups is 1. The van der Waals surface area contributed by atoms with E-state index in [-0.39, 0.29) is 12.5 Å². The van der Waals surface area contributed by atoms with E-state index in [2.05, 4.69) is 12.2 Å². The molecule has 19 heavy (non-hydrogen) atoms. The topological polar surface area (TPSA) is 49.3 Å². The molecule has 2 rings (SSSR count). The third kappa shape index (κ3) is 3.43. The summed E-state index contributed by atoms with van der Waals surface area (Å²) in [7, 11) is 0. The highest BCUT2D eigenvalue weighted by Gasteiger charge is 2.35. The zero-order valence-electron chi connectivity index (χ0n) is 10.7. The molecule has 2 N–H and O–H groups in total. The molecule has 1 aromatic rings. The van der Waals surface area contributed by atoms with Crippen molar-refractivity contribution in [1.82, 2.24) is 5.32 Å². The molecule has 106 valence electrons. The molecule has 1 saturated carbocycles. The molecule has 0 bridgehead atoms. The lowest BCUT2D eigenvalue weighted by Gasteiger charge is -2.38. The van der Waals surface area contributed by atoms with Gasteiger partial charge in [0.15, 0.2) is 0 Å². The van der Waals surface area contributed by atoms with Crippen LogP contribution in [0.15, 0.2) is 6.07 Å². The molecule has 1 amide bonds. The van der Waals surface area contributed by atoms with Crippen LogP contribution in [-0.2, 0) is 0 Å². The first kappa shape index (κ1) is 15.1. The Hall–Kier alpha value is -0.290. The van der Waals surface area contributed by atoms with Crippen molar-refractivity contribution in [3.05, 3.63) is 20.3 Å². The maximum absolute atomic E-state index is 12.2. The number of amides is 1. The molecule has 1 fully saturated rings. The number of rotatable bonds is 3. The number of thiophene rings is 1. The molecule has 0 aromatic carbocycles. The van der Waals surface area contributed by atoms with Gasteiger partial charge in [-0.2, -0.15) is 0 Å². The Kier molecular flexibility index (Phi) is 4.77. The van der Waals surface area contributed by atoms with E-state index in [1.165, 1.54) is 11.3 Å². The largest absolute Gasteiger partial charge is 0.394 e. The van der Waals surface area contributed by atoms with Crippen LogP contribution in [0.4, 0.5) is 0 Å². The van der Waals surface area contributed by atoms with Gasteiger partial charge in [0.2, 0.25) is 0 Å². The fraction of sp³-hybridized carbons (Fsp3) is 0.615. The van der Waals surface area contributed by atoms with Gasteiger partial charge in [-0.05, 0) is 37.7 Å². The van der Waals surface area contributed by atoms with E-state index < -0.39 is 5.54 Å². The summed E-state index contributed by atoms with van der Waals surface area (Å²) < 4.78 is 0.880. The van der Waals surface area contributed by atoms with Gasteiger partial charge in [-0.3, -0.25) is 4.79 Å². The third-order valence-corrected chi connectivity index (χ3v) is 5.30. The summed E-state index contributed by atoms with van der Waals surface area (Å²) in [5.74, 6) is 0.396. The van der Waals surface area contributed by atoms with E-state index in [4.69, 9.17) is 23.2 Å². The van der Waals surface area contributed by atoms with E-state index in [9.17, 15) is 9.90 Å². The fourth-order valence-electron chi connectivity index (χ4n) is 2.44. The Morgan fingerprint density at radius 3 is 2.63 bits per heavy atom. The van der Waals surface area contributed by atoms with Crippen molar-refractivity contribution in [2.24, 2.45) is 5.92 Å². The molecular formula is C13H17Cl2NO2S. The van der Waals surface area contributed by atoms with E-state index in [0.29, 0.717) is 20.2 Å². The molecule has 1 aliphatic rings. The second-order valence-electron chi connectivity index (χ2n) is 5.31. The highest BCUT2D eigenvalue weighted by molar-refractivity contribution is 7.20. The molecule has 0 unspecified atom stereocenters. The van der Waals surface area contributed by atoms with Crippen LogP contribution in [0.2, 0.25) is 8.67 Å². The van der Waals surface area contributed by atoms with Gasteiger partial charge in [-0.1, -0.05) is 30.1 Å². The average molecular weight is 322 g/mol. The molecule has 1 heterocycles. The van der Waals surface area contributed by atoms with E-state index in [1.807, 2.05) is 0 Å². The maximum atomic E-state index is 12.2. The molecule has 3 nitrogen and oxygen atoms in total. The lowest BCUT2D eigenvalue weighted by molar-refractivity contribution is 0.0717. The van der Waals surface area contributed by atoms with Gasteiger partial charge in [-0.25, -0.2) is 0 Å². The van der Waals surface area contributed by atoms with Crippen molar-refractivity contribution in [2.45, 2.75) is 38.1 Å².